The predicted molar refractivity (Wildman–Crippen MR) is 102 cm³/mol. The molecule has 3 N–H and O–H groups in total. The van der Waals surface area contributed by atoms with Crippen LogP contribution in [0.4, 0.5) is 11.4 Å². The second kappa shape index (κ2) is 8.58. The molecule has 24 heavy (non-hydrogen) atoms. The molecule has 0 bridgehead atoms. The van der Waals surface area contributed by atoms with Crippen molar-refractivity contribution in [1.82, 2.24) is 15.5 Å². The summed E-state index contributed by atoms with van der Waals surface area (Å²) in [6.07, 6.45) is 0.857. The summed E-state index contributed by atoms with van der Waals surface area (Å²) >= 11 is 6.22. The summed E-state index contributed by atoms with van der Waals surface area (Å²) in [6.45, 7) is 1.56. The van der Waals surface area contributed by atoms with Crippen LogP contribution in [0.5, 0.6) is 0 Å². The molecule has 0 fully saturated rings. The summed E-state index contributed by atoms with van der Waals surface area (Å²) < 4.78 is 0. The van der Waals surface area contributed by atoms with Crippen molar-refractivity contribution in [1.29, 1.82) is 0 Å². The number of aromatic nitrogens is 2. The fraction of sp³-hybridized carbons (Fsp3) is 0.333. The molecule has 2 heterocycles. The third-order valence-electron chi connectivity index (χ3n) is 3.70. The maximum absolute atomic E-state index is 12.6. The monoisotopic (exact) mass is 391 g/mol. The number of nitrogens with one attached hydrogen (secondary N) is 3. The van der Waals surface area contributed by atoms with Gasteiger partial charge in [-0.15, -0.1) is 24.8 Å². The van der Waals surface area contributed by atoms with Crippen LogP contribution in [0.2, 0.25) is 5.02 Å². The molecular formula is C15H20Cl3N5O. The van der Waals surface area contributed by atoms with Crippen LogP contribution < -0.4 is 15.5 Å². The van der Waals surface area contributed by atoms with Crippen molar-refractivity contribution < 1.29 is 4.79 Å². The first-order valence-corrected chi connectivity index (χ1v) is 7.49. The molecule has 0 saturated carbocycles. The number of aromatic amines is 1. The SMILES string of the molecule is CN(C)c1c(Cl)cccc1NC(=O)c1n[nH]c2c1CNCC2.Cl.Cl. The minimum absolute atomic E-state index is 0. The molecule has 9 heteroatoms. The first kappa shape index (κ1) is 20.6. The average molecular weight is 393 g/mol. The van der Waals surface area contributed by atoms with Gasteiger partial charge in [0.1, 0.15) is 0 Å². The van der Waals surface area contributed by atoms with E-state index in [9.17, 15) is 4.79 Å². The van der Waals surface area contributed by atoms with Gasteiger partial charge in [-0.3, -0.25) is 9.89 Å². The van der Waals surface area contributed by atoms with Crippen molar-refractivity contribution in [2.45, 2.75) is 13.0 Å². The number of rotatable bonds is 3. The lowest BCUT2D eigenvalue weighted by molar-refractivity contribution is 0.102. The zero-order valence-electron chi connectivity index (χ0n) is 13.4. The van der Waals surface area contributed by atoms with Gasteiger partial charge in [-0.2, -0.15) is 5.10 Å². The van der Waals surface area contributed by atoms with Gasteiger partial charge in [0.25, 0.3) is 5.91 Å². The second-order valence-electron chi connectivity index (χ2n) is 5.44. The predicted octanol–water partition coefficient (Wildman–Crippen LogP) is 2.87. The quantitative estimate of drug-likeness (QED) is 0.751. The molecule has 0 saturated heterocycles. The molecular weight excluding hydrogens is 373 g/mol. The average Bonchev–Trinajstić information content (AvgIpc) is 2.90. The fourth-order valence-electron chi connectivity index (χ4n) is 2.67. The zero-order chi connectivity index (χ0) is 15.7. The van der Waals surface area contributed by atoms with E-state index in [0.717, 1.165) is 29.9 Å². The molecule has 0 aliphatic carbocycles. The molecule has 1 aromatic heterocycles. The molecule has 0 unspecified atom stereocenters. The number of fused-ring (bicyclic) bond motifs is 1. The van der Waals surface area contributed by atoms with E-state index in [-0.39, 0.29) is 30.7 Å². The van der Waals surface area contributed by atoms with E-state index in [4.69, 9.17) is 11.6 Å². The van der Waals surface area contributed by atoms with E-state index in [1.807, 2.05) is 31.1 Å². The van der Waals surface area contributed by atoms with Gasteiger partial charge in [-0.25, -0.2) is 0 Å². The number of hydrogen-bond donors (Lipinski definition) is 3. The number of para-hydroxylation sites is 1. The van der Waals surface area contributed by atoms with E-state index in [0.29, 0.717) is 22.9 Å². The van der Waals surface area contributed by atoms with Crippen molar-refractivity contribution in [2.24, 2.45) is 0 Å². The number of nitrogens with zero attached hydrogens (tertiary/aromatic N) is 2. The van der Waals surface area contributed by atoms with Crippen molar-refractivity contribution in [3.63, 3.8) is 0 Å². The lowest BCUT2D eigenvalue weighted by Crippen LogP contribution is -2.25. The summed E-state index contributed by atoms with van der Waals surface area (Å²) in [5, 5.41) is 13.9. The van der Waals surface area contributed by atoms with Crippen LogP contribution in [0.1, 0.15) is 21.7 Å². The number of hydrogen-bond acceptors (Lipinski definition) is 4. The minimum atomic E-state index is -0.230. The maximum atomic E-state index is 12.6. The molecule has 3 rings (SSSR count). The standard InChI is InChI=1S/C15H18ClN5O.2ClH/c1-21(2)14-10(16)4-3-5-12(14)18-15(22)13-9-8-17-7-6-11(9)19-20-13;;/h3-5,17H,6-8H2,1-2H3,(H,18,22)(H,19,20);2*1H. The van der Waals surface area contributed by atoms with Crippen molar-refractivity contribution >= 4 is 53.7 Å². The highest BCUT2D eigenvalue weighted by Crippen LogP contribution is 2.32. The zero-order valence-corrected chi connectivity index (χ0v) is 15.7. The van der Waals surface area contributed by atoms with Crippen LogP contribution in [0.25, 0.3) is 0 Å². The highest BCUT2D eigenvalue weighted by atomic mass is 35.5. The Morgan fingerprint density at radius 1 is 1.33 bits per heavy atom. The normalized spacial score (nSPS) is 12.5. The Balaban J connectivity index is 0.00000144. The van der Waals surface area contributed by atoms with Crippen LogP contribution in [0.15, 0.2) is 18.2 Å². The van der Waals surface area contributed by atoms with Gasteiger partial charge in [0.15, 0.2) is 5.69 Å². The molecule has 0 spiro atoms. The first-order valence-electron chi connectivity index (χ1n) is 7.12. The van der Waals surface area contributed by atoms with Crippen LogP contribution in [0, 0.1) is 0 Å². The Kier molecular flexibility index (Phi) is 7.35. The van der Waals surface area contributed by atoms with Gasteiger partial charge >= 0.3 is 0 Å². The molecule has 1 aliphatic heterocycles. The van der Waals surface area contributed by atoms with Crippen molar-refractivity contribution in [2.75, 3.05) is 30.9 Å². The molecule has 1 amide bonds. The summed E-state index contributed by atoms with van der Waals surface area (Å²) in [5.41, 5.74) is 3.86. The Morgan fingerprint density at radius 3 is 2.79 bits per heavy atom. The number of H-pyrrole nitrogens is 1. The summed E-state index contributed by atoms with van der Waals surface area (Å²) in [5.74, 6) is -0.230. The Labute approximate surface area is 158 Å². The third-order valence-corrected chi connectivity index (χ3v) is 4.01. The molecule has 1 aromatic carbocycles. The molecule has 0 atom stereocenters. The van der Waals surface area contributed by atoms with E-state index in [1.54, 1.807) is 6.07 Å². The van der Waals surface area contributed by atoms with Gasteiger partial charge in [0.05, 0.1) is 16.4 Å². The summed E-state index contributed by atoms with van der Waals surface area (Å²) in [6, 6.07) is 5.44. The van der Waals surface area contributed by atoms with Gasteiger partial charge in [0.2, 0.25) is 0 Å². The van der Waals surface area contributed by atoms with Gasteiger partial charge < -0.3 is 15.5 Å². The third kappa shape index (κ3) is 3.95. The highest BCUT2D eigenvalue weighted by molar-refractivity contribution is 6.34. The van der Waals surface area contributed by atoms with Crippen LogP contribution in [0.3, 0.4) is 0 Å². The largest absolute Gasteiger partial charge is 0.375 e. The Bertz CT molecular complexity index is 717. The first-order chi connectivity index (χ1) is 10.6. The maximum Gasteiger partial charge on any atom is 0.276 e. The lowest BCUT2D eigenvalue weighted by Gasteiger charge is -2.19. The van der Waals surface area contributed by atoms with Crippen LogP contribution in [-0.4, -0.2) is 36.7 Å². The molecule has 0 radical (unpaired) electrons. The van der Waals surface area contributed by atoms with Crippen LogP contribution >= 0.6 is 36.4 Å². The Hall–Kier alpha value is -1.47. The van der Waals surface area contributed by atoms with Crippen molar-refractivity contribution in [3.8, 4) is 0 Å². The van der Waals surface area contributed by atoms with E-state index >= 15 is 0 Å². The number of amides is 1. The smallest absolute Gasteiger partial charge is 0.276 e. The van der Waals surface area contributed by atoms with E-state index in [2.05, 4.69) is 20.8 Å². The number of halogens is 3. The summed E-state index contributed by atoms with van der Waals surface area (Å²) in [7, 11) is 3.77. The lowest BCUT2D eigenvalue weighted by atomic mass is 10.1. The fourth-order valence-corrected chi connectivity index (χ4v) is 3.01. The van der Waals surface area contributed by atoms with E-state index < -0.39 is 0 Å². The minimum Gasteiger partial charge on any atom is -0.375 e. The highest BCUT2D eigenvalue weighted by Gasteiger charge is 2.22. The van der Waals surface area contributed by atoms with E-state index in [1.165, 1.54) is 0 Å². The molecule has 1 aliphatic rings. The number of carbonyl (C=O) groups is 1. The number of anilines is 2. The van der Waals surface area contributed by atoms with Gasteiger partial charge in [0, 0.05) is 44.9 Å². The Morgan fingerprint density at radius 2 is 2.08 bits per heavy atom. The second-order valence-corrected chi connectivity index (χ2v) is 5.85. The molecule has 132 valence electrons. The van der Waals surface area contributed by atoms with Gasteiger partial charge in [-0.1, -0.05) is 17.7 Å². The number of carbonyl (C=O) groups excluding carboxylic acids is 1. The van der Waals surface area contributed by atoms with Crippen LogP contribution in [-0.2, 0) is 13.0 Å². The van der Waals surface area contributed by atoms with Gasteiger partial charge in [-0.05, 0) is 12.1 Å². The summed E-state index contributed by atoms with van der Waals surface area (Å²) in [4.78, 5) is 14.4. The molecule has 2 aromatic rings. The van der Waals surface area contributed by atoms with Crippen molar-refractivity contribution in [3.05, 3.63) is 40.2 Å². The molecule has 6 nitrogen and oxygen atoms in total. The topological polar surface area (TPSA) is 73.0 Å². The number of benzene rings is 1.